The first-order valence-electron chi connectivity index (χ1n) is 9.83. The number of hydrogen-bond donors (Lipinski definition) is 0. The molecule has 7 nitrogen and oxygen atoms in total. The molecule has 1 saturated heterocycles. The van der Waals surface area contributed by atoms with Gasteiger partial charge in [-0.25, -0.2) is 0 Å². The number of sulfonamides is 1. The average molecular weight is 410 g/mol. The molecule has 8 heteroatoms. The standard InChI is InChI=1S/C20H31N3O4S/c1-21(2)12-6-9-19(24)22-13-10-20(11-14-22)16-23(28(3,25)26)15-17-7-4-5-8-18(17)27-20/h4-5,7-8H,6,9-16H2,1-3H3. The van der Waals surface area contributed by atoms with Crippen LogP contribution in [0.5, 0.6) is 5.75 Å². The van der Waals surface area contributed by atoms with Crippen LogP contribution in [0.25, 0.3) is 0 Å². The predicted molar refractivity (Wildman–Crippen MR) is 109 cm³/mol. The summed E-state index contributed by atoms with van der Waals surface area (Å²) in [5.74, 6) is 0.921. The molecule has 0 saturated carbocycles. The summed E-state index contributed by atoms with van der Waals surface area (Å²) < 4.78 is 32.6. The van der Waals surface area contributed by atoms with Gasteiger partial charge in [0.2, 0.25) is 5.91 Å². The zero-order valence-electron chi connectivity index (χ0n) is 17.1. The Morgan fingerprint density at radius 3 is 2.61 bits per heavy atom. The van der Waals surface area contributed by atoms with Crippen molar-refractivity contribution < 1.29 is 18.3 Å². The van der Waals surface area contributed by atoms with Crippen LogP contribution in [0.4, 0.5) is 0 Å². The van der Waals surface area contributed by atoms with Crippen molar-refractivity contribution in [3.8, 4) is 5.75 Å². The van der Waals surface area contributed by atoms with Gasteiger partial charge in [0.15, 0.2) is 0 Å². The minimum atomic E-state index is -3.35. The Bertz CT molecular complexity index is 741. The number of nitrogens with zero attached hydrogens (tertiary/aromatic N) is 3. The number of hydrogen-bond acceptors (Lipinski definition) is 5. The largest absolute Gasteiger partial charge is 0.598 e. The van der Waals surface area contributed by atoms with E-state index in [9.17, 15) is 13.6 Å². The lowest BCUT2D eigenvalue weighted by Crippen LogP contribution is -2.55. The van der Waals surface area contributed by atoms with Gasteiger partial charge in [0, 0.05) is 37.9 Å². The van der Waals surface area contributed by atoms with E-state index in [2.05, 4.69) is 4.90 Å². The molecule has 1 spiro atoms. The van der Waals surface area contributed by atoms with Crippen molar-refractivity contribution in [3.05, 3.63) is 29.8 Å². The second kappa shape index (κ2) is 8.49. The minimum Gasteiger partial charge on any atom is -0.598 e. The van der Waals surface area contributed by atoms with Crippen LogP contribution in [-0.4, -0.2) is 76.7 Å². The van der Waals surface area contributed by atoms with Crippen molar-refractivity contribution in [1.82, 2.24) is 14.1 Å². The maximum absolute atomic E-state index is 12.5. The first-order valence-corrected chi connectivity index (χ1v) is 11.7. The fourth-order valence-electron chi connectivity index (χ4n) is 3.93. The van der Waals surface area contributed by atoms with Crippen LogP contribution < -0.4 is 4.74 Å². The topological polar surface area (TPSA) is 76.2 Å². The van der Waals surface area contributed by atoms with Crippen molar-refractivity contribution in [3.63, 3.8) is 0 Å². The second-order valence-corrected chi connectivity index (χ2v) is 10.2. The lowest BCUT2D eigenvalue weighted by Gasteiger charge is -2.42. The molecule has 1 fully saturated rings. The van der Waals surface area contributed by atoms with E-state index < -0.39 is 16.0 Å². The Morgan fingerprint density at radius 1 is 1.29 bits per heavy atom. The fourth-order valence-corrected chi connectivity index (χ4v) is 4.77. The van der Waals surface area contributed by atoms with E-state index in [0.29, 0.717) is 45.4 Å². The maximum atomic E-state index is 12.5. The molecule has 156 valence electrons. The van der Waals surface area contributed by atoms with Crippen molar-refractivity contribution in [2.45, 2.75) is 37.8 Å². The summed E-state index contributed by atoms with van der Waals surface area (Å²) in [4.78, 5) is 16.5. The second-order valence-electron chi connectivity index (χ2n) is 8.21. The molecule has 28 heavy (non-hydrogen) atoms. The Balaban J connectivity index is 1.70. The van der Waals surface area contributed by atoms with Crippen LogP contribution in [-0.2, 0) is 25.9 Å². The minimum absolute atomic E-state index is 0.172. The maximum Gasteiger partial charge on any atom is 0.222 e. The summed E-state index contributed by atoms with van der Waals surface area (Å²) in [5.41, 5.74) is 0.294. The van der Waals surface area contributed by atoms with E-state index in [1.165, 1.54) is 10.6 Å². The highest BCUT2D eigenvalue weighted by Crippen LogP contribution is 2.37. The van der Waals surface area contributed by atoms with Gasteiger partial charge in [0.05, 0.1) is 13.1 Å². The van der Waals surface area contributed by atoms with Crippen molar-refractivity contribution in [1.29, 1.82) is 0 Å². The van der Waals surface area contributed by atoms with Crippen LogP contribution in [0, 0.1) is 0 Å². The Labute approximate surface area is 169 Å². The molecule has 2 aliphatic heterocycles. The number of carbonyl (C=O) groups excluding carboxylic acids is 1. The molecule has 0 N–H and O–H groups in total. The Kier molecular flexibility index (Phi) is 6.44. The molecule has 2 heterocycles. The molecular formula is C20H31N3O4S. The summed E-state index contributed by atoms with van der Waals surface area (Å²) in [6, 6.07) is 7.62. The van der Waals surface area contributed by atoms with Crippen LogP contribution in [0.15, 0.2) is 24.3 Å². The highest BCUT2D eigenvalue weighted by atomic mass is 32.3. The smallest absolute Gasteiger partial charge is 0.222 e. The zero-order valence-corrected chi connectivity index (χ0v) is 17.9. The van der Waals surface area contributed by atoms with E-state index in [1.54, 1.807) is 0 Å². The van der Waals surface area contributed by atoms with Gasteiger partial charge in [-0.15, -0.1) is 4.31 Å². The summed E-state index contributed by atoms with van der Waals surface area (Å²) in [6.45, 7) is 2.74. The van der Waals surface area contributed by atoms with Crippen molar-refractivity contribution in [2.75, 3.05) is 46.5 Å². The predicted octanol–water partition coefficient (Wildman–Crippen LogP) is 1.76. The first kappa shape index (κ1) is 21.2. The van der Waals surface area contributed by atoms with Crippen LogP contribution in [0.1, 0.15) is 31.2 Å². The molecule has 1 atom stereocenters. The molecule has 2 aliphatic rings. The molecule has 1 unspecified atom stereocenters. The van der Waals surface area contributed by atoms with Crippen LogP contribution >= 0.6 is 0 Å². The number of likely N-dealkylation sites (tertiary alicyclic amines) is 1. The van der Waals surface area contributed by atoms with Gasteiger partial charge in [0.25, 0.3) is 0 Å². The van der Waals surface area contributed by atoms with E-state index >= 15 is 0 Å². The molecule has 0 radical (unpaired) electrons. The highest BCUT2D eigenvalue weighted by molar-refractivity contribution is 7.94. The lowest BCUT2D eigenvalue weighted by atomic mass is 9.90. The quantitative estimate of drug-likeness (QED) is 0.693. The Morgan fingerprint density at radius 2 is 1.96 bits per heavy atom. The summed E-state index contributed by atoms with van der Waals surface area (Å²) in [6.07, 6.45) is 3.90. The summed E-state index contributed by atoms with van der Waals surface area (Å²) >= 11 is 0. The number of fused-ring (bicyclic) bond motifs is 1. The zero-order chi connectivity index (χ0) is 20.4. The summed E-state index contributed by atoms with van der Waals surface area (Å²) in [5, 5.41) is 0. The van der Waals surface area contributed by atoms with E-state index in [-0.39, 0.29) is 5.91 Å². The number of benzene rings is 1. The normalized spacial score (nSPS) is 21.7. The van der Waals surface area contributed by atoms with Gasteiger partial charge >= 0.3 is 0 Å². The number of ether oxygens (including phenoxy) is 1. The third kappa shape index (κ3) is 5.11. The summed E-state index contributed by atoms with van der Waals surface area (Å²) in [7, 11) is 0.659. The first-order chi connectivity index (χ1) is 13.2. The van der Waals surface area contributed by atoms with Crippen molar-refractivity contribution in [2.24, 2.45) is 0 Å². The van der Waals surface area contributed by atoms with Gasteiger partial charge in [0.1, 0.15) is 28.0 Å². The van der Waals surface area contributed by atoms with Gasteiger partial charge < -0.3 is 19.1 Å². The van der Waals surface area contributed by atoms with Crippen molar-refractivity contribution >= 4 is 16.3 Å². The van der Waals surface area contributed by atoms with E-state index in [0.717, 1.165) is 24.3 Å². The molecule has 1 amide bonds. The SMILES string of the molecule is CN(C)CCCC(=O)N1CCC2(CC1)CN([S+](C)(=O)[O-])Cc1ccccc1O2. The molecular weight excluding hydrogens is 378 g/mol. The lowest BCUT2D eigenvalue weighted by molar-refractivity contribution is -0.135. The third-order valence-electron chi connectivity index (χ3n) is 5.60. The highest BCUT2D eigenvalue weighted by Gasteiger charge is 2.44. The molecule has 1 aromatic carbocycles. The van der Waals surface area contributed by atoms with Gasteiger partial charge in [-0.2, -0.15) is 0 Å². The molecule has 3 rings (SSSR count). The fraction of sp³-hybridized carbons (Fsp3) is 0.650. The number of para-hydroxylation sites is 1. The van der Waals surface area contributed by atoms with Gasteiger partial charge in [-0.05, 0) is 33.1 Å². The monoisotopic (exact) mass is 409 g/mol. The van der Waals surface area contributed by atoms with E-state index in [1.807, 2.05) is 43.3 Å². The number of carbonyl (C=O) groups is 1. The van der Waals surface area contributed by atoms with Crippen LogP contribution in [0.2, 0.25) is 0 Å². The average Bonchev–Trinajstić information content (AvgIpc) is 2.78. The Hall–Kier alpha value is -1.48. The molecule has 0 bridgehead atoms. The third-order valence-corrected chi connectivity index (χ3v) is 6.80. The van der Waals surface area contributed by atoms with Gasteiger partial charge in [-0.3, -0.25) is 4.79 Å². The number of amides is 1. The molecule has 0 aromatic heterocycles. The number of piperidine rings is 1. The van der Waals surface area contributed by atoms with Crippen LogP contribution in [0.3, 0.4) is 0 Å². The van der Waals surface area contributed by atoms with E-state index in [4.69, 9.17) is 4.74 Å². The number of rotatable bonds is 5. The van der Waals surface area contributed by atoms with Gasteiger partial charge in [-0.1, -0.05) is 22.4 Å². The molecule has 1 aromatic rings. The molecule has 0 aliphatic carbocycles.